The van der Waals surface area contributed by atoms with E-state index in [1.165, 1.54) is 5.56 Å². The van der Waals surface area contributed by atoms with Crippen LogP contribution in [0.1, 0.15) is 11.1 Å². The second-order valence-electron chi connectivity index (χ2n) is 3.40. The Bertz CT molecular complexity index is 318. The number of nitrogens with two attached hydrogens (primary N) is 1. The molecule has 0 saturated carbocycles. The van der Waals surface area contributed by atoms with Crippen molar-refractivity contribution in [1.29, 1.82) is 0 Å². The molecule has 90 valence electrons. The summed E-state index contributed by atoms with van der Waals surface area (Å²) in [5.41, 5.74) is 7.96. The average Bonchev–Trinajstić information content (AvgIpc) is 2.34. The minimum atomic E-state index is 0.569. The van der Waals surface area contributed by atoms with Gasteiger partial charge in [-0.1, -0.05) is 6.07 Å². The van der Waals surface area contributed by atoms with Gasteiger partial charge in [-0.2, -0.15) is 11.8 Å². The number of benzene rings is 1. The third-order valence-electron chi connectivity index (χ3n) is 2.27. The molecule has 0 aliphatic heterocycles. The predicted molar refractivity (Wildman–Crippen MR) is 68.9 cm³/mol. The molecule has 0 radical (unpaired) electrons. The van der Waals surface area contributed by atoms with Gasteiger partial charge in [-0.25, -0.2) is 0 Å². The molecule has 0 saturated heterocycles. The van der Waals surface area contributed by atoms with E-state index in [9.17, 15) is 0 Å². The molecule has 1 aromatic carbocycles. The fourth-order valence-electron chi connectivity index (χ4n) is 1.40. The largest absolute Gasteiger partial charge is 0.496 e. The normalized spacial score (nSPS) is 10.4. The first kappa shape index (κ1) is 13.4. The van der Waals surface area contributed by atoms with Gasteiger partial charge in [0, 0.05) is 30.7 Å². The van der Waals surface area contributed by atoms with Gasteiger partial charge in [0.1, 0.15) is 5.75 Å². The Kier molecular flexibility index (Phi) is 6.30. The number of methoxy groups -OCH3 is 2. The molecular weight excluding hydrogens is 222 g/mol. The number of ether oxygens (including phenoxy) is 2. The third kappa shape index (κ3) is 4.04. The second-order valence-corrected chi connectivity index (χ2v) is 4.50. The van der Waals surface area contributed by atoms with E-state index in [2.05, 4.69) is 6.07 Å². The quantitative estimate of drug-likeness (QED) is 0.742. The average molecular weight is 241 g/mol. The Balaban J connectivity index is 2.60. The minimum Gasteiger partial charge on any atom is -0.496 e. The summed E-state index contributed by atoms with van der Waals surface area (Å²) in [5.74, 6) is 2.86. The second kappa shape index (κ2) is 7.54. The smallest absolute Gasteiger partial charge is 0.122 e. The number of rotatable bonds is 7. The molecule has 3 nitrogen and oxygen atoms in total. The van der Waals surface area contributed by atoms with E-state index >= 15 is 0 Å². The molecule has 0 atom stereocenters. The van der Waals surface area contributed by atoms with Gasteiger partial charge in [-0.15, -0.1) is 0 Å². The van der Waals surface area contributed by atoms with Crippen LogP contribution >= 0.6 is 11.8 Å². The molecule has 0 aromatic heterocycles. The first-order chi connectivity index (χ1) is 7.81. The standard InChI is InChI=1S/C12H19NO2S/c1-14-5-6-16-9-11-7-10(8-13)3-4-12(11)15-2/h3-4,7H,5-6,8-9,13H2,1-2H3. The van der Waals surface area contributed by atoms with Crippen molar-refractivity contribution in [3.8, 4) is 5.75 Å². The summed E-state index contributed by atoms with van der Waals surface area (Å²) in [6, 6.07) is 6.09. The third-order valence-corrected chi connectivity index (χ3v) is 3.24. The molecule has 16 heavy (non-hydrogen) atoms. The topological polar surface area (TPSA) is 44.5 Å². The monoisotopic (exact) mass is 241 g/mol. The lowest BCUT2D eigenvalue weighted by atomic mass is 10.1. The predicted octanol–water partition coefficient (Wildman–Crippen LogP) is 2.03. The Hall–Kier alpha value is -0.710. The van der Waals surface area contributed by atoms with Crippen LogP contribution in [0.15, 0.2) is 18.2 Å². The van der Waals surface area contributed by atoms with Crippen LogP contribution < -0.4 is 10.5 Å². The van der Waals surface area contributed by atoms with E-state index in [-0.39, 0.29) is 0 Å². The highest BCUT2D eigenvalue weighted by Crippen LogP contribution is 2.24. The Morgan fingerprint density at radius 1 is 1.31 bits per heavy atom. The van der Waals surface area contributed by atoms with E-state index in [1.807, 2.05) is 23.9 Å². The van der Waals surface area contributed by atoms with Crippen LogP contribution in [0, 0.1) is 0 Å². The first-order valence-corrected chi connectivity index (χ1v) is 6.39. The van der Waals surface area contributed by atoms with Crippen molar-refractivity contribution in [3.05, 3.63) is 29.3 Å². The van der Waals surface area contributed by atoms with Crippen molar-refractivity contribution in [2.24, 2.45) is 5.73 Å². The summed E-state index contributed by atoms with van der Waals surface area (Å²) in [6.07, 6.45) is 0. The summed E-state index contributed by atoms with van der Waals surface area (Å²) in [5, 5.41) is 0. The molecule has 0 heterocycles. The lowest BCUT2D eigenvalue weighted by Crippen LogP contribution is -1.99. The Morgan fingerprint density at radius 2 is 2.12 bits per heavy atom. The van der Waals surface area contributed by atoms with Gasteiger partial charge in [-0.3, -0.25) is 0 Å². The van der Waals surface area contributed by atoms with Gasteiger partial charge in [0.2, 0.25) is 0 Å². The molecule has 1 rings (SSSR count). The summed E-state index contributed by atoms with van der Waals surface area (Å²) in [4.78, 5) is 0. The molecule has 0 bridgehead atoms. The van der Waals surface area contributed by atoms with Crippen molar-refractivity contribution < 1.29 is 9.47 Å². The highest BCUT2D eigenvalue weighted by atomic mass is 32.2. The molecular formula is C12H19NO2S. The zero-order valence-corrected chi connectivity index (χ0v) is 10.7. The van der Waals surface area contributed by atoms with E-state index in [4.69, 9.17) is 15.2 Å². The van der Waals surface area contributed by atoms with Crippen molar-refractivity contribution in [2.45, 2.75) is 12.3 Å². The van der Waals surface area contributed by atoms with E-state index in [0.29, 0.717) is 6.54 Å². The van der Waals surface area contributed by atoms with Crippen LogP contribution in [0.5, 0.6) is 5.75 Å². The van der Waals surface area contributed by atoms with E-state index in [0.717, 1.165) is 29.4 Å². The van der Waals surface area contributed by atoms with Crippen LogP contribution in [0.4, 0.5) is 0 Å². The fourth-order valence-corrected chi connectivity index (χ4v) is 2.27. The molecule has 4 heteroatoms. The van der Waals surface area contributed by atoms with Crippen LogP contribution in [0.25, 0.3) is 0 Å². The van der Waals surface area contributed by atoms with Crippen LogP contribution in [0.2, 0.25) is 0 Å². The molecule has 0 aliphatic rings. The van der Waals surface area contributed by atoms with Gasteiger partial charge in [-0.05, 0) is 17.7 Å². The van der Waals surface area contributed by atoms with Crippen molar-refractivity contribution in [3.63, 3.8) is 0 Å². The van der Waals surface area contributed by atoms with Gasteiger partial charge >= 0.3 is 0 Å². The summed E-state index contributed by atoms with van der Waals surface area (Å²) in [7, 11) is 3.41. The number of thioether (sulfide) groups is 1. The van der Waals surface area contributed by atoms with Crippen LogP contribution in [-0.2, 0) is 17.0 Å². The lowest BCUT2D eigenvalue weighted by Gasteiger charge is -2.09. The highest BCUT2D eigenvalue weighted by Gasteiger charge is 2.04. The van der Waals surface area contributed by atoms with Gasteiger partial charge in [0.15, 0.2) is 0 Å². The maximum Gasteiger partial charge on any atom is 0.122 e. The highest BCUT2D eigenvalue weighted by molar-refractivity contribution is 7.98. The summed E-state index contributed by atoms with van der Waals surface area (Å²) in [6.45, 7) is 1.35. The lowest BCUT2D eigenvalue weighted by molar-refractivity contribution is 0.218. The first-order valence-electron chi connectivity index (χ1n) is 5.24. The van der Waals surface area contributed by atoms with Gasteiger partial charge < -0.3 is 15.2 Å². The fraction of sp³-hybridized carbons (Fsp3) is 0.500. The van der Waals surface area contributed by atoms with Gasteiger partial charge in [0.05, 0.1) is 13.7 Å². The molecule has 0 aliphatic carbocycles. The number of hydrogen-bond donors (Lipinski definition) is 1. The Labute approximate surface area is 101 Å². The minimum absolute atomic E-state index is 0.569. The van der Waals surface area contributed by atoms with Crippen molar-refractivity contribution in [1.82, 2.24) is 0 Å². The molecule has 2 N–H and O–H groups in total. The zero-order valence-electron chi connectivity index (χ0n) is 9.86. The van der Waals surface area contributed by atoms with Crippen LogP contribution in [-0.4, -0.2) is 26.6 Å². The van der Waals surface area contributed by atoms with Crippen molar-refractivity contribution >= 4 is 11.8 Å². The molecule has 0 fully saturated rings. The summed E-state index contributed by atoms with van der Waals surface area (Å²) >= 11 is 1.83. The van der Waals surface area contributed by atoms with Crippen molar-refractivity contribution in [2.75, 3.05) is 26.6 Å². The molecule has 0 unspecified atom stereocenters. The van der Waals surface area contributed by atoms with Crippen LogP contribution in [0.3, 0.4) is 0 Å². The van der Waals surface area contributed by atoms with E-state index < -0.39 is 0 Å². The van der Waals surface area contributed by atoms with Gasteiger partial charge in [0.25, 0.3) is 0 Å². The van der Waals surface area contributed by atoms with E-state index in [1.54, 1.807) is 14.2 Å². The Morgan fingerprint density at radius 3 is 2.75 bits per heavy atom. The number of hydrogen-bond acceptors (Lipinski definition) is 4. The SMILES string of the molecule is COCCSCc1cc(CN)ccc1OC. The zero-order chi connectivity index (χ0) is 11.8. The molecule has 0 amide bonds. The maximum absolute atomic E-state index is 5.62. The molecule has 0 spiro atoms. The maximum atomic E-state index is 5.62. The molecule has 1 aromatic rings. The summed E-state index contributed by atoms with van der Waals surface area (Å²) < 4.78 is 10.3.